The van der Waals surface area contributed by atoms with Gasteiger partial charge in [-0.3, -0.25) is 4.79 Å². The van der Waals surface area contributed by atoms with Gasteiger partial charge in [0, 0.05) is 22.5 Å². The topological polar surface area (TPSA) is 81.2 Å². The van der Waals surface area contributed by atoms with Crippen LogP contribution in [0.2, 0.25) is 0 Å². The van der Waals surface area contributed by atoms with Gasteiger partial charge in [0.1, 0.15) is 17.7 Å². The first-order valence-electron chi connectivity index (χ1n) is 8.88. The Balaban J connectivity index is 1.45. The van der Waals surface area contributed by atoms with E-state index in [9.17, 15) is 4.79 Å². The molecule has 0 bridgehead atoms. The Kier molecular flexibility index (Phi) is 4.83. The van der Waals surface area contributed by atoms with Crippen molar-refractivity contribution in [3.63, 3.8) is 0 Å². The van der Waals surface area contributed by atoms with Crippen molar-refractivity contribution in [3.8, 4) is 22.9 Å². The van der Waals surface area contributed by atoms with Gasteiger partial charge in [-0.25, -0.2) is 9.97 Å². The van der Waals surface area contributed by atoms with E-state index in [2.05, 4.69) is 29.1 Å². The average molecular weight is 393 g/mol. The van der Waals surface area contributed by atoms with E-state index in [-0.39, 0.29) is 11.8 Å². The van der Waals surface area contributed by atoms with Crippen molar-refractivity contribution in [2.24, 2.45) is 0 Å². The van der Waals surface area contributed by atoms with Gasteiger partial charge >= 0.3 is 0 Å². The number of hydrogen-bond donors (Lipinski definition) is 1. The summed E-state index contributed by atoms with van der Waals surface area (Å²) in [6, 6.07) is 9.06. The highest BCUT2D eigenvalue weighted by atomic mass is 32.1. The van der Waals surface area contributed by atoms with Crippen LogP contribution in [-0.4, -0.2) is 15.9 Å². The Hall–Kier alpha value is -3.19. The molecule has 0 saturated heterocycles. The van der Waals surface area contributed by atoms with E-state index >= 15 is 0 Å². The number of thiazole rings is 1. The fourth-order valence-corrected chi connectivity index (χ4v) is 3.25. The molecule has 0 fully saturated rings. The molecular formula is C21H19N3O3S. The van der Waals surface area contributed by atoms with Gasteiger partial charge in [0.05, 0.1) is 16.8 Å². The van der Waals surface area contributed by atoms with Crippen molar-refractivity contribution in [2.45, 2.75) is 26.7 Å². The van der Waals surface area contributed by atoms with Crippen LogP contribution >= 0.6 is 11.3 Å². The van der Waals surface area contributed by atoms with Gasteiger partial charge in [-0.1, -0.05) is 13.8 Å². The van der Waals surface area contributed by atoms with Crippen LogP contribution in [0.4, 0.5) is 5.69 Å². The van der Waals surface area contributed by atoms with E-state index in [1.54, 1.807) is 12.3 Å². The summed E-state index contributed by atoms with van der Waals surface area (Å²) in [6.07, 6.45) is 3.18. The van der Waals surface area contributed by atoms with E-state index in [0.29, 0.717) is 22.9 Å². The summed E-state index contributed by atoms with van der Waals surface area (Å²) in [5, 5.41) is 5.72. The number of amides is 1. The average Bonchev–Trinajstić information content (AvgIpc) is 3.42. The van der Waals surface area contributed by atoms with Crippen molar-refractivity contribution in [1.82, 2.24) is 9.97 Å². The molecule has 28 heavy (non-hydrogen) atoms. The maximum atomic E-state index is 12.5. The number of aryl methyl sites for hydroxylation is 1. The van der Waals surface area contributed by atoms with Gasteiger partial charge in [-0.2, -0.15) is 0 Å². The normalized spacial score (nSPS) is 11.1. The molecule has 7 heteroatoms. The number of oxazole rings is 1. The number of aromatic nitrogens is 2. The number of benzene rings is 1. The van der Waals surface area contributed by atoms with Crippen LogP contribution in [0.25, 0.3) is 22.9 Å². The summed E-state index contributed by atoms with van der Waals surface area (Å²) in [6.45, 7) is 6.04. The second-order valence-electron chi connectivity index (χ2n) is 6.71. The Morgan fingerprint density at radius 1 is 1.21 bits per heavy atom. The van der Waals surface area contributed by atoms with Gasteiger partial charge in [0.2, 0.25) is 5.89 Å². The van der Waals surface area contributed by atoms with Gasteiger partial charge in [0.15, 0.2) is 5.76 Å². The number of carbonyl (C=O) groups is 1. The molecule has 0 aliphatic heterocycles. The van der Waals surface area contributed by atoms with E-state index in [1.807, 2.05) is 36.6 Å². The molecule has 0 spiro atoms. The first-order chi connectivity index (χ1) is 13.5. The molecule has 142 valence electrons. The molecule has 3 aromatic heterocycles. The molecule has 1 amide bonds. The number of anilines is 1. The van der Waals surface area contributed by atoms with E-state index in [1.165, 1.54) is 17.6 Å². The number of nitrogens with zero attached hydrogens (tertiary/aromatic N) is 2. The Bertz CT molecular complexity index is 1110. The third-order valence-electron chi connectivity index (χ3n) is 4.22. The quantitative estimate of drug-likeness (QED) is 0.467. The van der Waals surface area contributed by atoms with Gasteiger partial charge in [-0.15, -0.1) is 11.3 Å². The van der Waals surface area contributed by atoms with Crippen LogP contribution in [0.5, 0.6) is 0 Å². The molecule has 3 heterocycles. The maximum absolute atomic E-state index is 12.5. The standard InChI is InChI=1S/C21H19N3O3S/c1-12(2)19-9-22-21(27-19)14-4-6-16(7-5-14)24-20(25)15-8-18(26-10-15)17-11-28-13(3)23-17/h4-12H,1-3H3,(H,24,25). The highest BCUT2D eigenvalue weighted by Gasteiger charge is 2.14. The lowest BCUT2D eigenvalue weighted by Gasteiger charge is -2.04. The summed E-state index contributed by atoms with van der Waals surface area (Å²) in [5.74, 6) is 2.04. The van der Waals surface area contributed by atoms with Crippen LogP contribution in [0.3, 0.4) is 0 Å². The molecule has 0 atom stereocenters. The fourth-order valence-electron chi connectivity index (χ4n) is 2.65. The minimum absolute atomic E-state index is 0.243. The Morgan fingerprint density at radius 2 is 2.00 bits per heavy atom. The van der Waals surface area contributed by atoms with Crippen molar-refractivity contribution in [1.29, 1.82) is 0 Å². The SMILES string of the molecule is Cc1nc(-c2cc(C(=O)Nc3ccc(-c4ncc(C(C)C)o4)cc3)co2)cs1. The van der Waals surface area contributed by atoms with Crippen molar-refractivity contribution in [2.75, 3.05) is 5.32 Å². The monoisotopic (exact) mass is 393 g/mol. The molecular weight excluding hydrogens is 374 g/mol. The van der Waals surface area contributed by atoms with Crippen LogP contribution in [0.1, 0.15) is 40.9 Å². The first-order valence-corrected chi connectivity index (χ1v) is 9.76. The minimum Gasteiger partial charge on any atom is -0.462 e. The smallest absolute Gasteiger partial charge is 0.258 e. The van der Waals surface area contributed by atoms with E-state index in [4.69, 9.17) is 8.83 Å². The number of hydrogen-bond acceptors (Lipinski definition) is 6. The summed E-state index contributed by atoms with van der Waals surface area (Å²) in [4.78, 5) is 21.2. The molecule has 0 unspecified atom stereocenters. The number of rotatable bonds is 5. The lowest BCUT2D eigenvalue weighted by molar-refractivity contribution is 0.102. The zero-order chi connectivity index (χ0) is 19.7. The van der Waals surface area contributed by atoms with Crippen LogP contribution in [0.15, 0.2) is 57.0 Å². The molecule has 6 nitrogen and oxygen atoms in total. The third kappa shape index (κ3) is 3.75. The molecule has 0 saturated carbocycles. The minimum atomic E-state index is -0.243. The van der Waals surface area contributed by atoms with E-state index in [0.717, 1.165) is 22.0 Å². The molecule has 1 aromatic carbocycles. The number of carbonyl (C=O) groups excluding carboxylic acids is 1. The zero-order valence-corrected chi connectivity index (χ0v) is 16.5. The summed E-state index contributed by atoms with van der Waals surface area (Å²) >= 11 is 1.54. The maximum Gasteiger partial charge on any atom is 0.258 e. The second kappa shape index (κ2) is 7.44. The summed E-state index contributed by atoms with van der Waals surface area (Å²) in [7, 11) is 0. The highest BCUT2D eigenvalue weighted by Crippen LogP contribution is 2.26. The van der Waals surface area contributed by atoms with E-state index < -0.39 is 0 Å². The molecule has 4 rings (SSSR count). The number of nitrogens with one attached hydrogen (secondary N) is 1. The van der Waals surface area contributed by atoms with Crippen molar-refractivity contribution >= 4 is 22.9 Å². The molecule has 1 N–H and O–H groups in total. The van der Waals surface area contributed by atoms with Crippen molar-refractivity contribution < 1.29 is 13.6 Å². The lowest BCUT2D eigenvalue weighted by atomic mass is 10.2. The van der Waals surface area contributed by atoms with Crippen LogP contribution < -0.4 is 5.32 Å². The zero-order valence-electron chi connectivity index (χ0n) is 15.7. The Labute approximate surface area is 166 Å². The first kappa shape index (κ1) is 18.2. The molecule has 0 aliphatic rings. The molecule has 0 aliphatic carbocycles. The van der Waals surface area contributed by atoms with Crippen molar-refractivity contribution in [3.05, 3.63) is 64.5 Å². The molecule has 4 aromatic rings. The second-order valence-corrected chi connectivity index (χ2v) is 7.77. The highest BCUT2D eigenvalue weighted by molar-refractivity contribution is 7.09. The van der Waals surface area contributed by atoms with Gasteiger partial charge in [0.25, 0.3) is 5.91 Å². The summed E-state index contributed by atoms with van der Waals surface area (Å²) in [5.41, 5.74) is 2.71. The van der Waals surface area contributed by atoms with Gasteiger partial charge in [-0.05, 0) is 37.3 Å². The van der Waals surface area contributed by atoms with Gasteiger partial charge < -0.3 is 14.2 Å². The van der Waals surface area contributed by atoms with Crippen LogP contribution in [0, 0.1) is 6.92 Å². The Morgan fingerprint density at radius 3 is 2.64 bits per heavy atom. The number of furan rings is 1. The summed E-state index contributed by atoms with van der Waals surface area (Å²) < 4.78 is 11.2. The predicted molar refractivity (Wildman–Crippen MR) is 109 cm³/mol. The predicted octanol–water partition coefficient (Wildman–Crippen LogP) is 5.74. The third-order valence-corrected chi connectivity index (χ3v) is 4.99. The fraction of sp³-hybridized carbons (Fsp3) is 0.190. The molecule has 0 radical (unpaired) electrons. The lowest BCUT2D eigenvalue weighted by Crippen LogP contribution is -2.10. The van der Waals surface area contributed by atoms with Crippen LogP contribution in [-0.2, 0) is 0 Å². The largest absolute Gasteiger partial charge is 0.462 e.